The minimum Gasteiger partial charge on any atom is -0.396 e. The van der Waals surface area contributed by atoms with Gasteiger partial charge in [-0.25, -0.2) is 9.37 Å². The number of aromatic nitrogens is 2. The van der Waals surface area contributed by atoms with Crippen molar-refractivity contribution in [2.24, 2.45) is 5.92 Å². The van der Waals surface area contributed by atoms with Crippen LogP contribution in [0.3, 0.4) is 0 Å². The van der Waals surface area contributed by atoms with Gasteiger partial charge in [-0.2, -0.15) is 0 Å². The standard InChI is InChI=1S/C32H40BrFN6O2S/c1-5-27-32(36(4)30(6-2)43-31(33)22(3)24-7-9-25(34)10-8-24)40-19-26(11-12-28(40)35-27)38-15-13-37(14-16-38)20-29(42)39-17-23(18-39)21-41/h6-12,19,23,41H,5,13-18,20-21H2,1-4H3/b30-6-,31-22+. The summed E-state index contributed by atoms with van der Waals surface area (Å²) in [6.07, 6.45) is 5.07. The van der Waals surface area contributed by atoms with Crippen molar-refractivity contribution in [2.75, 3.05) is 69.3 Å². The Kier molecular flexibility index (Phi) is 10.2. The van der Waals surface area contributed by atoms with E-state index >= 15 is 0 Å². The van der Waals surface area contributed by atoms with Gasteiger partial charge in [-0.15, -0.1) is 0 Å². The van der Waals surface area contributed by atoms with Crippen LogP contribution in [0, 0.1) is 11.7 Å². The smallest absolute Gasteiger partial charge is 0.236 e. The van der Waals surface area contributed by atoms with Crippen LogP contribution in [0.25, 0.3) is 11.2 Å². The maximum Gasteiger partial charge on any atom is 0.236 e. The van der Waals surface area contributed by atoms with Crippen molar-refractivity contribution in [1.82, 2.24) is 19.2 Å². The number of anilines is 2. The number of imidazole rings is 1. The molecule has 0 radical (unpaired) electrons. The van der Waals surface area contributed by atoms with Crippen molar-refractivity contribution >= 4 is 56.3 Å². The fourth-order valence-corrected chi connectivity index (χ4v) is 7.12. The zero-order chi connectivity index (χ0) is 30.7. The summed E-state index contributed by atoms with van der Waals surface area (Å²) in [5.41, 5.74) is 5.05. The molecule has 0 bridgehead atoms. The number of pyridine rings is 1. The predicted molar refractivity (Wildman–Crippen MR) is 178 cm³/mol. The number of carbonyl (C=O) groups is 1. The summed E-state index contributed by atoms with van der Waals surface area (Å²) in [5, 5.41) is 10.3. The normalized spacial score (nSPS) is 17.3. The van der Waals surface area contributed by atoms with Gasteiger partial charge in [0.15, 0.2) is 0 Å². The molecule has 1 aromatic carbocycles. The highest BCUT2D eigenvalue weighted by Gasteiger charge is 2.31. The predicted octanol–water partition coefficient (Wildman–Crippen LogP) is 5.42. The van der Waals surface area contributed by atoms with Gasteiger partial charge >= 0.3 is 0 Å². The van der Waals surface area contributed by atoms with Crippen LogP contribution in [0.2, 0.25) is 0 Å². The monoisotopic (exact) mass is 670 g/mol. The molecule has 0 aliphatic carbocycles. The number of allylic oxidation sites excluding steroid dienone is 2. The fourth-order valence-electron chi connectivity index (χ4n) is 5.60. The molecule has 2 saturated heterocycles. The third kappa shape index (κ3) is 6.95. The molecular weight excluding hydrogens is 631 g/mol. The summed E-state index contributed by atoms with van der Waals surface area (Å²) in [4.78, 5) is 26.2. The van der Waals surface area contributed by atoms with Crippen LogP contribution in [0.4, 0.5) is 15.9 Å². The van der Waals surface area contributed by atoms with Crippen LogP contribution >= 0.6 is 27.7 Å². The highest BCUT2D eigenvalue weighted by atomic mass is 79.9. The topological polar surface area (TPSA) is 67.6 Å². The van der Waals surface area contributed by atoms with Crippen LogP contribution in [-0.2, 0) is 11.2 Å². The van der Waals surface area contributed by atoms with E-state index in [0.29, 0.717) is 19.6 Å². The van der Waals surface area contributed by atoms with Crippen LogP contribution in [-0.4, -0.2) is 89.7 Å². The van der Waals surface area contributed by atoms with Crippen LogP contribution in [0.15, 0.2) is 57.5 Å². The first-order valence-electron chi connectivity index (χ1n) is 14.8. The molecule has 5 rings (SSSR count). The average molecular weight is 672 g/mol. The summed E-state index contributed by atoms with van der Waals surface area (Å²) >= 11 is 5.40. The number of carbonyl (C=O) groups excluding carboxylic acids is 1. The molecule has 4 heterocycles. The quantitative estimate of drug-likeness (QED) is 0.309. The maximum atomic E-state index is 13.5. The molecule has 0 saturated carbocycles. The van der Waals surface area contributed by atoms with E-state index in [0.717, 1.165) is 75.4 Å². The van der Waals surface area contributed by atoms with Gasteiger partial charge in [-0.3, -0.25) is 14.1 Å². The summed E-state index contributed by atoms with van der Waals surface area (Å²) in [6.45, 7) is 11.5. The third-order valence-electron chi connectivity index (χ3n) is 8.31. The molecule has 0 spiro atoms. The molecule has 1 amide bonds. The number of benzene rings is 1. The molecule has 2 aromatic heterocycles. The first-order valence-corrected chi connectivity index (χ1v) is 16.4. The number of thioether (sulfide) groups is 1. The van der Waals surface area contributed by atoms with Crippen molar-refractivity contribution < 1.29 is 14.3 Å². The van der Waals surface area contributed by atoms with Crippen molar-refractivity contribution in [3.8, 4) is 0 Å². The third-order valence-corrected chi connectivity index (χ3v) is 10.6. The van der Waals surface area contributed by atoms with Gasteiger partial charge in [-0.05, 0) is 71.6 Å². The first kappa shape index (κ1) is 31.6. The molecule has 3 aromatic rings. The highest BCUT2D eigenvalue weighted by Crippen LogP contribution is 2.40. The van der Waals surface area contributed by atoms with Crippen LogP contribution < -0.4 is 9.80 Å². The summed E-state index contributed by atoms with van der Waals surface area (Å²) in [6, 6.07) is 10.8. The lowest BCUT2D eigenvalue weighted by Gasteiger charge is -2.41. The van der Waals surface area contributed by atoms with Crippen molar-refractivity contribution in [3.05, 3.63) is 74.6 Å². The second-order valence-corrected chi connectivity index (χ2v) is 13.5. The molecule has 2 aliphatic heterocycles. The van der Waals surface area contributed by atoms with E-state index < -0.39 is 0 Å². The minimum absolute atomic E-state index is 0.154. The zero-order valence-corrected chi connectivity index (χ0v) is 27.7. The van der Waals surface area contributed by atoms with Gasteiger partial charge in [0.1, 0.15) is 17.3 Å². The van der Waals surface area contributed by atoms with E-state index in [1.807, 2.05) is 18.7 Å². The Balaban J connectivity index is 1.30. The first-order chi connectivity index (χ1) is 20.7. The van der Waals surface area contributed by atoms with Crippen LogP contribution in [0.1, 0.15) is 32.0 Å². The Morgan fingerprint density at radius 2 is 1.86 bits per heavy atom. The molecular formula is C32H40BrFN6O2S. The largest absolute Gasteiger partial charge is 0.396 e. The minimum atomic E-state index is -0.245. The Morgan fingerprint density at radius 3 is 2.49 bits per heavy atom. The number of hydrogen-bond acceptors (Lipinski definition) is 7. The van der Waals surface area contributed by atoms with Crippen LogP contribution in [0.5, 0.6) is 0 Å². The lowest BCUT2D eigenvalue weighted by atomic mass is 10.0. The van der Waals surface area contributed by atoms with Gasteiger partial charge in [-0.1, -0.05) is 36.9 Å². The highest BCUT2D eigenvalue weighted by molar-refractivity contribution is 9.14. The van der Waals surface area contributed by atoms with Crippen molar-refractivity contribution in [2.45, 2.75) is 27.2 Å². The van der Waals surface area contributed by atoms with E-state index in [4.69, 9.17) is 4.98 Å². The molecule has 2 fully saturated rings. The number of halogens is 2. The maximum absolute atomic E-state index is 13.5. The van der Waals surface area contributed by atoms with E-state index in [1.165, 1.54) is 12.1 Å². The Bertz CT molecular complexity index is 1510. The number of rotatable bonds is 10. The fraction of sp³-hybridized carbons (Fsp3) is 0.438. The molecule has 2 aliphatic rings. The number of hydrogen-bond donors (Lipinski definition) is 1. The number of likely N-dealkylation sites (tertiary alicyclic amines) is 1. The molecule has 8 nitrogen and oxygen atoms in total. The van der Waals surface area contributed by atoms with Gasteiger partial charge in [0.25, 0.3) is 0 Å². The Hall–Kier alpha value is -2.86. The summed E-state index contributed by atoms with van der Waals surface area (Å²) in [7, 11) is 2.07. The van der Waals surface area contributed by atoms with E-state index in [9.17, 15) is 14.3 Å². The average Bonchev–Trinajstić information content (AvgIpc) is 3.37. The lowest BCUT2D eigenvalue weighted by molar-refractivity contribution is -0.139. The number of amides is 1. The summed E-state index contributed by atoms with van der Waals surface area (Å²) < 4.78 is 16.6. The van der Waals surface area contributed by atoms with Crippen molar-refractivity contribution in [1.29, 1.82) is 0 Å². The second kappa shape index (κ2) is 13.8. The molecule has 43 heavy (non-hydrogen) atoms. The molecule has 230 valence electrons. The molecule has 1 N–H and O–H groups in total. The van der Waals surface area contributed by atoms with Crippen molar-refractivity contribution in [3.63, 3.8) is 0 Å². The van der Waals surface area contributed by atoms with Gasteiger partial charge in [0.2, 0.25) is 5.91 Å². The Morgan fingerprint density at radius 1 is 1.16 bits per heavy atom. The van der Waals surface area contributed by atoms with E-state index in [1.54, 1.807) is 23.9 Å². The molecule has 0 atom stereocenters. The Labute approximate surface area is 266 Å². The number of fused-ring (bicyclic) bond motifs is 1. The van der Waals surface area contributed by atoms with Gasteiger partial charge < -0.3 is 19.8 Å². The number of aliphatic hydroxyl groups is 1. The zero-order valence-electron chi connectivity index (χ0n) is 25.3. The van der Waals surface area contributed by atoms with E-state index in [2.05, 4.69) is 73.4 Å². The molecule has 11 heteroatoms. The lowest BCUT2D eigenvalue weighted by Crippen LogP contribution is -2.56. The number of aliphatic hydroxyl groups excluding tert-OH is 1. The number of aryl methyl sites for hydroxylation is 1. The molecule has 0 unspecified atom stereocenters. The number of piperazine rings is 1. The van der Waals surface area contributed by atoms with E-state index in [-0.39, 0.29) is 24.2 Å². The SMILES string of the molecule is C/C=C(\S/C(Br)=C(\C)c1ccc(F)cc1)N(C)c1c(CC)nc2ccc(N3CCN(CC(=O)N4CC(CO)C4)CC3)cn12. The van der Waals surface area contributed by atoms with Gasteiger partial charge in [0, 0.05) is 65.0 Å². The summed E-state index contributed by atoms with van der Waals surface area (Å²) in [5.74, 6) is 1.18. The second-order valence-electron chi connectivity index (χ2n) is 11.2. The van der Waals surface area contributed by atoms with Gasteiger partial charge in [0.05, 0.1) is 26.8 Å². The number of nitrogens with zero attached hydrogens (tertiary/aromatic N) is 6.